The van der Waals surface area contributed by atoms with Crippen LogP contribution < -0.4 is 5.73 Å². The van der Waals surface area contributed by atoms with Gasteiger partial charge in [0.1, 0.15) is 0 Å². The summed E-state index contributed by atoms with van der Waals surface area (Å²) in [5.74, 6) is 0.480. The van der Waals surface area contributed by atoms with Gasteiger partial charge in [0.05, 0.1) is 0 Å². The van der Waals surface area contributed by atoms with E-state index in [0.29, 0.717) is 12.3 Å². The highest BCUT2D eigenvalue weighted by Crippen LogP contribution is 2.25. The molecule has 0 aromatic heterocycles. The fraction of sp³-hybridized carbons (Fsp3) is 0.455. The van der Waals surface area contributed by atoms with Gasteiger partial charge in [-0.05, 0) is 29.9 Å². The Hall–Kier alpha value is -0.680. The zero-order valence-corrected chi connectivity index (χ0v) is 9.57. The van der Waals surface area contributed by atoms with E-state index >= 15 is 0 Å². The molecule has 0 spiro atoms. The molecule has 2 N–H and O–H groups in total. The van der Waals surface area contributed by atoms with E-state index in [4.69, 9.17) is 5.73 Å². The quantitative estimate of drug-likeness (QED) is 0.637. The van der Waals surface area contributed by atoms with Gasteiger partial charge in [0.2, 0.25) is 0 Å². The molecule has 1 nitrogen and oxygen atoms in total. The van der Waals surface area contributed by atoms with E-state index in [1.807, 2.05) is 24.3 Å². The Morgan fingerprint density at radius 1 is 1.25 bits per heavy atom. The van der Waals surface area contributed by atoms with Crippen LogP contribution in [0.15, 0.2) is 29.2 Å². The van der Waals surface area contributed by atoms with Gasteiger partial charge < -0.3 is 5.73 Å². The molecule has 1 aromatic rings. The average Bonchev–Trinajstić information content (AvgIpc) is 2.23. The molecule has 0 unspecified atom stereocenters. The summed E-state index contributed by atoms with van der Waals surface area (Å²) in [6.45, 7) is 0.455. The zero-order chi connectivity index (χ0) is 12.0. The van der Waals surface area contributed by atoms with E-state index in [1.54, 1.807) is 0 Å². The Labute approximate surface area is 97.2 Å². The maximum atomic E-state index is 11.9. The van der Waals surface area contributed by atoms with Crippen molar-refractivity contribution in [2.24, 2.45) is 5.73 Å². The number of hydrogen-bond donors (Lipinski definition) is 1. The lowest BCUT2D eigenvalue weighted by atomic mass is 10.2. The van der Waals surface area contributed by atoms with Crippen molar-refractivity contribution < 1.29 is 13.2 Å². The molecule has 0 aliphatic carbocycles. The van der Waals surface area contributed by atoms with Crippen LogP contribution in [0.3, 0.4) is 0 Å². The molecule has 0 aliphatic rings. The molecule has 5 heteroatoms. The second kappa shape index (κ2) is 6.15. The smallest absolute Gasteiger partial charge is 0.326 e. The molecule has 0 saturated heterocycles. The van der Waals surface area contributed by atoms with E-state index in [1.165, 1.54) is 11.8 Å². The highest BCUT2D eigenvalue weighted by molar-refractivity contribution is 7.99. The van der Waals surface area contributed by atoms with Gasteiger partial charge in [-0.15, -0.1) is 11.8 Å². The third kappa shape index (κ3) is 5.42. The number of halogens is 3. The fourth-order valence-corrected chi connectivity index (χ4v) is 2.16. The van der Waals surface area contributed by atoms with Crippen molar-refractivity contribution >= 4 is 11.8 Å². The monoisotopic (exact) mass is 249 g/mol. The van der Waals surface area contributed by atoms with Gasteiger partial charge in [-0.2, -0.15) is 13.2 Å². The number of alkyl halides is 3. The van der Waals surface area contributed by atoms with Crippen molar-refractivity contribution in [1.82, 2.24) is 0 Å². The second-order valence-electron chi connectivity index (χ2n) is 3.42. The molecular formula is C11H14F3NS. The van der Waals surface area contributed by atoms with Crippen molar-refractivity contribution in [2.45, 2.75) is 30.5 Å². The molecule has 0 saturated carbocycles. The van der Waals surface area contributed by atoms with Gasteiger partial charge in [0, 0.05) is 17.9 Å². The molecule has 0 aliphatic heterocycles. The molecule has 0 amide bonds. The standard InChI is InChI=1S/C11H14F3NS/c12-11(13,14)5-2-6-16-10-4-1-3-9(7-10)8-15/h1,3-4,7H,2,5-6,8,15H2. The van der Waals surface area contributed by atoms with E-state index in [0.717, 1.165) is 10.5 Å². The Morgan fingerprint density at radius 2 is 2.00 bits per heavy atom. The van der Waals surface area contributed by atoms with Gasteiger partial charge >= 0.3 is 6.18 Å². The Kier molecular flexibility index (Phi) is 5.15. The number of nitrogens with two attached hydrogens (primary N) is 1. The van der Waals surface area contributed by atoms with Gasteiger partial charge in [-0.3, -0.25) is 0 Å². The maximum Gasteiger partial charge on any atom is 0.389 e. The minimum absolute atomic E-state index is 0.154. The van der Waals surface area contributed by atoms with Crippen LogP contribution in [0.25, 0.3) is 0 Å². The highest BCUT2D eigenvalue weighted by Gasteiger charge is 2.25. The summed E-state index contributed by atoms with van der Waals surface area (Å²) in [4.78, 5) is 0.977. The Morgan fingerprint density at radius 3 is 2.62 bits per heavy atom. The number of benzene rings is 1. The predicted molar refractivity (Wildman–Crippen MR) is 60.3 cm³/mol. The summed E-state index contributed by atoms with van der Waals surface area (Å²) in [5.41, 5.74) is 6.47. The molecular weight excluding hydrogens is 235 g/mol. The van der Waals surface area contributed by atoms with Crippen molar-refractivity contribution in [3.63, 3.8) is 0 Å². The van der Waals surface area contributed by atoms with Crippen LogP contribution >= 0.6 is 11.8 Å². The summed E-state index contributed by atoms with van der Waals surface area (Å²) in [7, 11) is 0. The Bertz CT molecular complexity index is 325. The largest absolute Gasteiger partial charge is 0.389 e. The van der Waals surface area contributed by atoms with Crippen LogP contribution in [0.5, 0.6) is 0 Å². The summed E-state index contributed by atoms with van der Waals surface area (Å²) in [5, 5.41) is 0. The number of rotatable bonds is 5. The summed E-state index contributed by atoms with van der Waals surface area (Å²) >= 11 is 1.44. The SMILES string of the molecule is NCc1cccc(SCCCC(F)(F)F)c1. The average molecular weight is 249 g/mol. The molecule has 1 aromatic carbocycles. The number of hydrogen-bond acceptors (Lipinski definition) is 2. The van der Waals surface area contributed by atoms with Crippen molar-refractivity contribution in [3.05, 3.63) is 29.8 Å². The summed E-state index contributed by atoms with van der Waals surface area (Å²) in [6, 6.07) is 7.57. The first-order chi connectivity index (χ1) is 7.51. The first-order valence-corrected chi connectivity index (χ1v) is 5.98. The molecule has 0 heterocycles. The molecule has 0 atom stereocenters. The van der Waals surface area contributed by atoms with Crippen LogP contribution in [0.4, 0.5) is 13.2 Å². The first kappa shape index (κ1) is 13.4. The van der Waals surface area contributed by atoms with Crippen molar-refractivity contribution in [1.29, 1.82) is 0 Å². The first-order valence-electron chi connectivity index (χ1n) is 5.00. The molecule has 0 radical (unpaired) electrons. The molecule has 90 valence electrons. The van der Waals surface area contributed by atoms with Crippen molar-refractivity contribution in [3.8, 4) is 0 Å². The normalized spacial score (nSPS) is 11.8. The fourth-order valence-electron chi connectivity index (χ4n) is 1.22. The lowest BCUT2D eigenvalue weighted by molar-refractivity contribution is -0.134. The lowest BCUT2D eigenvalue weighted by Gasteiger charge is -2.06. The molecule has 1 rings (SSSR count). The lowest BCUT2D eigenvalue weighted by Crippen LogP contribution is -2.06. The van der Waals surface area contributed by atoms with Gasteiger partial charge in [-0.1, -0.05) is 12.1 Å². The third-order valence-electron chi connectivity index (χ3n) is 2.01. The van der Waals surface area contributed by atoms with Crippen molar-refractivity contribution in [2.75, 3.05) is 5.75 Å². The third-order valence-corrected chi connectivity index (χ3v) is 3.09. The number of thioether (sulfide) groups is 1. The summed E-state index contributed by atoms with van der Waals surface area (Å²) in [6.07, 6.45) is -4.60. The van der Waals surface area contributed by atoms with Gasteiger partial charge in [-0.25, -0.2) is 0 Å². The van der Waals surface area contributed by atoms with Crippen LogP contribution in [-0.2, 0) is 6.54 Å². The predicted octanol–water partition coefficient (Wildman–Crippen LogP) is 3.58. The van der Waals surface area contributed by atoms with Crippen LogP contribution in [0, 0.1) is 0 Å². The van der Waals surface area contributed by atoms with E-state index in [-0.39, 0.29) is 6.42 Å². The minimum atomic E-state index is -4.04. The van der Waals surface area contributed by atoms with E-state index in [2.05, 4.69) is 0 Å². The van der Waals surface area contributed by atoms with Gasteiger partial charge in [0.15, 0.2) is 0 Å². The zero-order valence-electron chi connectivity index (χ0n) is 8.76. The van der Waals surface area contributed by atoms with Crippen LogP contribution in [-0.4, -0.2) is 11.9 Å². The summed E-state index contributed by atoms with van der Waals surface area (Å²) < 4.78 is 35.6. The Balaban J connectivity index is 2.32. The van der Waals surface area contributed by atoms with Crippen LogP contribution in [0.1, 0.15) is 18.4 Å². The second-order valence-corrected chi connectivity index (χ2v) is 4.59. The molecule has 16 heavy (non-hydrogen) atoms. The maximum absolute atomic E-state index is 11.9. The minimum Gasteiger partial charge on any atom is -0.326 e. The topological polar surface area (TPSA) is 26.0 Å². The van der Waals surface area contributed by atoms with E-state index in [9.17, 15) is 13.2 Å². The molecule has 0 fully saturated rings. The van der Waals surface area contributed by atoms with E-state index < -0.39 is 12.6 Å². The highest BCUT2D eigenvalue weighted by atomic mass is 32.2. The van der Waals surface area contributed by atoms with Crippen LogP contribution in [0.2, 0.25) is 0 Å². The molecule has 0 bridgehead atoms. The van der Waals surface area contributed by atoms with Gasteiger partial charge in [0.25, 0.3) is 0 Å².